The Morgan fingerprint density at radius 3 is 2.46 bits per heavy atom. The van der Waals surface area contributed by atoms with Gasteiger partial charge in [-0.05, 0) is 12.3 Å². The van der Waals surface area contributed by atoms with Gasteiger partial charge in [-0.15, -0.1) is 0 Å². The third-order valence-electron chi connectivity index (χ3n) is 1.54. The average Bonchev–Trinajstić information content (AvgIpc) is 2.11. The van der Waals surface area contributed by atoms with Crippen molar-refractivity contribution in [3.63, 3.8) is 0 Å². The number of hydrogen-bond acceptors (Lipinski definition) is 4. The van der Waals surface area contributed by atoms with Crippen molar-refractivity contribution < 1.29 is 14.4 Å². The number of hydrogen-bond donors (Lipinski definition) is 1. The molecule has 4 nitrogen and oxygen atoms in total. The molecule has 0 aliphatic heterocycles. The van der Waals surface area contributed by atoms with Crippen molar-refractivity contribution in [2.75, 3.05) is 13.7 Å². The minimum Gasteiger partial charge on any atom is -0.468 e. The number of ether oxygens (including phenoxy) is 1. The first-order valence-corrected chi connectivity index (χ1v) is 4.56. The van der Waals surface area contributed by atoms with Gasteiger partial charge in [-0.25, -0.2) is 0 Å². The highest BCUT2D eigenvalue weighted by molar-refractivity contribution is 5.75. The van der Waals surface area contributed by atoms with E-state index in [1.54, 1.807) is 0 Å². The predicted molar refractivity (Wildman–Crippen MR) is 50.0 cm³/mol. The topological polar surface area (TPSA) is 47.6 Å². The first-order chi connectivity index (χ1) is 6.11. The number of methoxy groups -OCH3 is 1. The zero-order valence-corrected chi connectivity index (χ0v) is 8.79. The van der Waals surface area contributed by atoms with Gasteiger partial charge in [0.25, 0.3) is 0 Å². The van der Waals surface area contributed by atoms with E-state index >= 15 is 0 Å². The standard InChI is InChI=1S/C9H19NO3/c1-5-8(9(11)12-4)10-13-6-7(2)3/h7-8,10H,5-6H2,1-4H3. The molecule has 0 heterocycles. The normalized spacial score (nSPS) is 13.0. The summed E-state index contributed by atoms with van der Waals surface area (Å²) < 4.78 is 4.58. The summed E-state index contributed by atoms with van der Waals surface area (Å²) in [6, 6.07) is -0.358. The molecular formula is C9H19NO3. The van der Waals surface area contributed by atoms with Crippen LogP contribution in [0.15, 0.2) is 0 Å². The van der Waals surface area contributed by atoms with Crippen molar-refractivity contribution in [1.82, 2.24) is 5.48 Å². The molecule has 1 atom stereocenters. The Kier molecular flexibility index (Phi) is 6.54. The van der Waals surface area contributed by atoms with E-state index in [1.807, 2.05) is 20.8 Å². The third-order valence-corrected chi connectivity index (χ3v) is 1.54. The lowest BCUT2D eigenvalue weighted by molar-refractivity contribution is -0.148. The molecule has 0 saturated heterocycles. The van der Waals surface area contributed by atoms with E-state index in [1.165, 1.54) is 7.11 Å². The summed E-state index contributed by atoms with van der Waals surface area (Å²) in [6.45, 7) is 6.57. The van der Waals surface area contributed by atoms with Crippen LogP contribution in [0.25, 0.3) is 0 Å². The Morgan fingerprint density at radius 1 is 1.46 bits per heavy atom. The van der Waals surface area contributed by atoms with Crippen molar-refractivity contribution in [3.8, 4) is 0 Å². The second kappa shape index (κ2) is 6.86. The maximum atomic E-state index is 11.1. The summed E-state index contributed by atoms with van der Waals surface area (Å²) in [5, 5.41) is 0. The zero-order valence-electron chi connectivity index (χ0n) is 8.79. The Hall–Kier alpha value is -0.610. The van der Waals surface area contributed by atoms with E-state index < -0.39 is 0 Å². The fraction of sp³-hybridized carbons (Fsp3) is 0.889. The smallest absolute Gasteiger partial charge is 0.325 e. The van der Waals surface area contributed by atoms with Crippen LogP contribution < -0.4 is 5.48 Å². The molecular weight excluding hydrogens is 170 g/mol. The summed E-state index contributed by atoms with van der Waals surface area (Å²) in [4.78, 5) is 16.2. The third kappa shape index (κ3) is 5.60. The summed E-state index contributed by atoms with van der Waals surface area (Å²) >= 11 is 0. The molecule has 1 N–H and O–H groups in total. The van der Waals surface area contributed by atoms with E-state index in [0.29, 0.717) is 18.9 Å². The predicted octanol–water partition coefficient (Wildman–Crippen LogP) is 1.12. The fourth-order valence-corrected chi connectivity index (χ4v) is 0.756. The molecule has 0 radical (unpaired) electrons. The second-order valence-corrected chi connectivity index (χ2v) is 3.31. The molecule has 0 aliphatic rings. The summed E-state index contributed by atoms with van der Waals surface area (Å²) in [7, 11) is 1.37. The van der Waals surface area contributed by atoms with Gasteiger partial charge >= 0.3 is 5.97 Å². The van der Waals surface area contributed by atoms with Gasteiger partial charge in [0.05, 0.1) is 13.7 Å². The van der Waals surface area contributed by atoms with Crippen LogP contribution >= 0.6 is 0 Å². The maximum Gasteiger partial charge on any atom is 0.325 e. The van der Waals surface area contributed by atoms with Crippen molar-refractivity contribution >= 4 is 5.97 Å². The molecule has 0 aromatic rings. The lowest BCUT2D eigenvalue weighted by Gasteiger charge is -2.14. The molecule has 0 spiro atoms. The summed E-state index contributed by atoms with van der Waals surface area (Å²) in [5.41, 5.74) is 2.68. The van der Waals surface area contributed by atoms with Crippen LogP contribution in [0.5, 0.6) is 0 Å². The van der Waals surface area contributed by atoms with Crippen LogP contribution in [0, 0.1) is 5.92 Å². The van der Waals surface area contributed by atoms with E-state index in [9.17, 15) is 4.79 Å². The Bertz CT molecular complexity index is 148. The van der Waals surface area contributed by atoms with Gasteiger partial charge in [0.1, 0.15) is 6.04 Å². The number of carbonyl (C=O) groups excluding carboxylic acids is 1. The van der Waals surface area contributed by atoms with Crippen molar-refractivity contribution in [3.05, 3.63) is 0 Å². The van der Waals surface area contributed by atoms with Crippen molar-refractivity contribution in [2.24, 2.45) is 5.92 Å². The van der Waals surface area contributed by atoms with E-state index in [4.69, 9.17) is 4.84 Å². The highest BCUT2D eigenvalue weighted by atomic mass is 16.6. The number of nitrogens with one attached hydrogen (secondary N) is 1. The first kappa shape index (κ1) is 12.4. The van der Waals surface area contributed by atoms with E-state index in [2.05, 4.69) is 10.2 Å². The number of esters is 1. The van der Waals surface area contributed by atoms with Gasteiger partial charge in [0.2, 0.25) is 0 Å². The van der Waals surface area contributed by atoms with Gasteiger partial charge < -0.3 is 9.57 Å². The minimum absolute atomic E-state index is 0.286. The van der Waals surface area contributed by atoms with Gasteiger partial charge in [0.15, 0.2) is 0 Å². The van der Waals surface area contributed by atoms with E-state index in [-0.39, 0.29) is 12.0 Å². The largest absolute Gasteiger partial charge is 0.468 e. The van der Waals surface area contributed by atoms with Crippen LogP contribution in [0.1, 0.15) is 27.2 Å². The molecule has 0 rings (SSSR count). The van der Waals surface area contributed by atoms with Gasteiger partial charge in [-0.3, -0.25) is 4.79 Å². The van der Waals surface area contributed by atoms with Crippen LogP contribution in [0.4, 0.5) is 0 Å². The van der Waals surface area contributed by atoms with Crippen LogP contribution in [0.3, 0.4) is 0 Å². The molecule has 13 heavy (non-hydrogen) atoms. The summed E-state index contributed by atoms with van der Waals surface area (Å²) in [6.07, 6.45) is 0.658. The fourth-order valence-electron chi connectivity index (χ4n) is 0.756. The van der Waals surface area contributed by atoms with Crippen LogP contribution in [-0.4, -0.2) is 25.7 Å². The molecule has 78 valence electrons. The lowest BCUT2D eigenvalue weighted by Crippen LogP contribution is -2.37. The van der Waals surface area contributed by atoms with Crippen LogP contribution in [0.2, 0.25) is 0 Å². The second-order valence-electron chi connectivity index (χ2n) is 3.31. The van der Waals surface area contributed by atoms with E-state index in [0.717, 1.165) is 0 Å². The van der Waals surface area contributed by atoms with Crippen molar-refractivity contribution in [1.29, 1.82) is 0 Å². The minimum atomic E-state index is -0.358. The van der Waals surface area contributed by atoms with Gasteiger partial charge in [-0.2, -0.15) is 5.48 Å². The number of hydroxylamine groups is 1. The molecule has 4 heteroatoms. The molecule has 0 fully saturated rings. The average molecular weight is 189 g/mol. The highest BCUT2D eigenvalue weighted by Gasteiger charge is 2.16. The number of rotatable bonds is 6. The Morgan fingerprint density at radius 2 is 2.08 bits per heavy atom. The molecule has 0 aliphatic carbocycles. The van der Waals surface area contributed by atoms with Gasteiger partial charge in [0, 0.05) is 0 Å². The molecule has 0 aromatic carbocycles. The molecule has 0 bridgehead atoms. The zero-order chi connectivity index (χ0) is 10.3. The Balaban J connectivity index is 3.66. The molecule has 0 saturated carbocycles. The molecule has 0 amide bonds. The van der Waals surface area contributed by atoms with Gasteiger partial charge in [-0.1, -0.05) is 20.8 Å². The Labute approximate surface area is 79.6 Å². The summed E-state index contributed by atoms with van der Waals surface area (Å²) in [5.74, 6) is 0.161. The monoisotopic (exact) mass is 189 g/mol. The quantitative estimate of drug-likeness (QED) is 0.502. The van der Waals surface area contributed by atoms with Crippen LogP contribution in [-0.2, 0) is 14.4 Å². The van der Waals surface area contributed by atoms with Crippen molar-refractivity contribution in [2.45, 2.75) is 33.2 Å². The first-order valence-electron chi connectivity index (χ1n) is 4.56. The highest BCUT2D eigenvalue weighted by Crippen LogP contribution is 1.96. The molecule has 1 unspecified atom stereocenters. The SMILES string of the molecule is CCC(NOCC(C)C)C(=O)OC. The lowest BCUT2D eigenvalue weighted by atomic mass is 10.2. The molecule has 0 aromatic heterocycles. The number of carbonyl (C=O) groups is 1. The maximum absolute atomic E-state index is 11.1.